The van der Waals surface area contributed by atoms with Crippen LogP contribution >= 0.6 is 23.2 Å². The van der Waals surface area contributed by atoms with Crippen LogP contribution in [0.5, 0.6) is 0 Å². The van der Waals surface area contributed by atoms with Gasteiger partial charge in [0, 0.05) is 19.0 Å². The van der Waals surface area contributed by atoms with E-state index in [9.17, 15) is 9.59 Å². The zero-order valence-corrected chi connectivity index (χ0v) is 13.9. The standard InChI is InChI=1S/C16H17Cl2NO4/c17-13-3-1-2-10(15(13)18)11-7-12(11)16(22)19-4-5-23-9(8-19)6-14(20)21/h1-3,9,11-12H,4-8H2,(H,20,21). The van der Waals surface area contributed by atoms with Gasteiger partial charge < -0.3 is 14.7 Å². The lowest BCUT2D eigenvalue weighted by atomic mass is 10.1. The smallest absolute Gasteiger partial charge is 0.306 e. The van der Waals surface area contributed by atoms with Gasteiger partial charge in [0.2, 0.25) is 5.91 Å². The molecule has 3 atom stereocenters. The van der Waals surface area contributed by atoms with Gasteiger partial charge in [0.25, 0.3) is 0 Å². The van der Waals surface area contributed by atoms with Crippen molar-refractivity contribution < 1.29 is 19.4 Å². The number of carbonyl (C=O) groups is 2. The summed E-state index contributed by atoms with van der Waals surface area (Å²) in [6, 6.07) is 5.46. The number of carboxylic acids is 1. The predicted octanol–water partition coefficient (Wildman–Crippen LogP) is 2.80. The lowest BCUT2D eigenvalue weighted by Gasteiger charge is -2.32. The zero-order chi connectivity index (χ0) is 16.6. The number of hydrogen-bond acceptors (Lipinski definition) is 3. The van der Waals surface area contributed by atoms with Crippen LogP contribution in [0.3, 0.4) is 0 Å². The molecule has 3 rings (SSSR count). The molecule has 23 heavy (non-hydrogen) atoms. The molecule has 0 spiro atoms. The van der Waals surface area contributed by atoms with Crippen LogP contribution < -0.4 is 0 Å². The van der Waals surface area contributed by atoms with Gasteiger partial charge in [-0.2, -0.15) is 0 Å². The number of rotatable bonds is 4. The number of aliphatic carboxylic acids is 1. The molecule has 1 aliphatic carbocycles. The van der Waals surface area contributed by atoms with E-state index in [4.69, 9.17) is 33.0 Å². The summed E-state index contributed by atoms with van der Waals surface area (Å²) in [6.45, 7) is 1.21. The van der Waals surface area contributed by atoms with Gasteiger partial charge in [0.1, 0.15) is 0 Å². The molecule has 3 unspecified atom stereocenters. The maximum Gasteiger partial charge on any atom is 0.306 e. The Balaban J connectivity index is 1.63. The number of ether oxygens (including phenoxy) is 1. The number of hydrogen-bond donors (Lipinski definition) is 1. The Morgan fingerprint density at radius 2 is 2.13 bits per heavy atom. The fourth-order valence-electron chi connectivity index (χ4n) is 3.09. The third-order valence-electron chi connectivity index (χ3n) is 4.34. The van der Waals surface area contributed by atoms with Gasteiger partial charge in [-0.25, -0.2) is 0 Å². The molecule has 2 aliphatic rings. The van der Waals surface area contributed by atoms with E-state index in [-0.39, 0.29) is 24.2 Å². The van der Waals surface area contributed by atoms with E-state index in [0.717, 1.165) is 12.0 Å². The average Bonchev–Trinajstić information content (AvgIpc) is 3.29. The monoisotopic (exact) mass is 357 g/mol. The lowest BCUT2D eigenvalue weighted by Crippen LogP contribution is -2.47. The largest absolute Gasteiger partial charge is 0.481 e. The summed E-state index contributed by atoms with van der Waals surface area (Å²) in [5.41, 5.74) is 0.910. The third kappa shape index (κ3) is 3.62. The van der Waals surface area contributed by atoms with Crippen LogP contribution in [0.15, 0.2) is 18.2 Å². The summed E-state index contributed by atoms with van der Waals surface area (Å²) in [5.74, 6) is -0.881. The number of carbonyl (C=O) groups excluding carboxylic acids is 1. The highest BCUT2D eigenvalue weighted by Gasteiger charge is 2.47. The Morgan fingerprint density at radius 1 is 1.35 bits per heavy atom. The van der Waals surface area contributed by atoms with Crippen molar-refractivity contribution in [2.45, 2.75) is 24.9 Å². The first kappa shape index (κ1) is 16.6. The summed E-state index contributed by atoms with van der Waals surface area (Å²) < 4.78 is 5.40. The van der Waals surface area contributed by atoms with Crippen molar-refractivity contribution >= 4 is 35.1 Å². The predicted molar refractivity (Wildman–Crippen MR) is 85.9 cm³/mol. The van der Waals surface area contributed by atoms with Gasteiger partial charge in [0.15, 0.2) is 0 Å². The van der Waals surface area contributed by atoms with Crippen molar-refractivity contribution in [1.29, 1.82) is 0 Å². The van der Waals surface area contributed by atoms with Crippen molar-refractivity contribution in [3.05, 3.63) is 33.8 Å². The van der Waals surface area contributed by atoms with E-state index in [1.54, 1.807) is 11.0 Å². The second-order valence-corrected chi connectivity index (χ2v) is 6.75. The molecule has 1 aliphatic heterocycles. The number of morpholine rings is 1. The van der Waals surface area contributed by atoms with Gasteiger partial charge >= 0.3 is 5.97 Å². The fraction of sp³-hybridized carbons (Fsp3) is 0.500. The number of nitrogens with zero attached hydrogens (tertiary/aromatic N) is 1. The van der Waals surface area contributed by atoms with Crippen LogP contribution in [0.2, 0.25) is 10.0 Å². The summed E-state index contributed by atoms with van der Waals surface area (Å²) in [4.78, 5) is 25.1. The molecule has 5 nitrogen and oxygen atoms in total. The van der Waals surface area contributed by atoms with E-state index in [1.165, 1.54) is 0 Å². The molecule has 1 heterocycles. The Morgan fingerprint density at radius 3 is 2.87 bits per heavy atom. The average molecular weight is 358 g/mol. The SMILES string of the molecule is O=C(O)CC1CN(C(=O)C2CC2c2cccc(Cl)c2Cl)CCO1. The quantitative estimate of drug-likeness (QED) is 0.899. The molecule has 7 heteroatoms. The highest BCUT2D eigenvalue weighted by atomic mass is 35.5. The molecule has 1 aromatic rings. The molecule has 1 N–H and O–H groups in total. The van der Waals surface area contributed by atoms with Crippen molar-refractivity contribution in [2.24, 2.45) is 5.92 Å². The van der Waals surface area contributed by atoms with E-state index >= 15 is 0 Å². The number of carboxylic acid groups (broad SMARTS) is 1. The van der Waals surface area contributed by atoms with Crippen molar-refractivity contribution in [3.8, 4) is 0 Å². The summed E-state index contributed by atoms with van der Waals surface area (Å²) in [5, 5.41) is 9.86. The molecule has 1 saturated heterocycles. The van der Waals surface area contributed by atoms with Crippen LogP contribution in [0.4, 0.5) is 0 Å². The molecular weight excluding hydrogens is 341 g/mol. The second-order valence-electron chi connectivity index (χ2n) is 5.97. The molecule has 1 amide bonds. The molecular formula is C16H17Cl2NO4. The molecule has 0 aromatic heterocycles. The maximum atomic E-state index is 12.6. The first-order valence-corrected chi connectivity index (χ1v) is 8.29. The fourth-order valence-corrected chi connectivity index (χ4v) is 3.54. The second kappa shape index (κ2) is 6.67. The lowest BCUT2D eigenvalue weighted by molar-refractivity contribution is -0.148. The van der Waals surface area contributed by atoms with Crippen molar-refractivity contribution in [2.75, 3.05) is 19.7 Å². The first-order valence-electron chi connectivity index (χ1n) is 7.53. The number of amides is 1. The number of halogens is 2. The number of benzene rings is 1. The summed E-state index contributed by atoms with van der Waals surface area (Å²) in [6.07, 6.45) is 0.231. The zero-order valence-electron chi connectivity index (χ0n) is 12.4. The molecule has 0 bridgehead atoms. The molecule has 124 valence electrons. The van der Waals surface area contributed by atoms with Gasteiger partial charge in [0.05, 0.1) is 29.2 Å². The summed E-state index contributed by atoms with van der Waals surface area (Å²) >= 11 is 12.3. The molecule has 1 aromatic carbocycles. The van der Waals surface area contributed by atoms with E-state index in [2.05, 4.69) is 0 Å². The van der Waals surface area contributed by atoms with Crippen molar-refractivity contribution in [1.82, 2.24) is 4.90 Å². The molecule has 0 radical (unpaired) electrons. The Labute approximate surface area is 144 Å². The normalized spacial score (nSPS) is 26.9. The van der Waals surface area contributed by atoms with E-state index in [0.29, 0.717) is 29.7 Å². The summed E-state index contributed by atoms with van der Waals surface area (Å²) in [7, 11) is 0. The Kier molecular flexibility index (Phi) is 4.80. The van der Waals surface area contributed by atoms with Crippen LogP contribution in [-0.2, 0) is 14.3 Å². The van der Waals surface area contributed by atoms with Crippen LogP contribution in [0.25, 0.3) is 0 Å². The van der Waals surface area contributed by atoms with Gasteiger partial charge in [-0.05, 0) is 24.0 Å². The van der Waals surface area contributed by atoms with Crippen LogP contribution in [-0.4, -0.2) is 47.7 Å². The van der Waals surface area contributed by atoms with Gasteiger partial charge in [-0.1, -0.05) is 35.3 Å². The topological polar surface area (TPSA) is 66.8 Å². The van der Waals surface area contributed by atoms with Crippen molar-refractivity contribution in [3.63, 3.8) is 0 Å². The minimum atomic E-state index is -0.917. The van der Waals surface area contributed by atoms with Crippen LogP contribution in [0.1, 0.15) is 24.3 Å². The maximum absolute atomic E-state index is 12.6. The van der Waals surface area contributed by atoms with Gasteiger partial charge in [-0.3, -0.25) is 9.59 Å². The van der Waals surface area contributed by atoms with E-state index in [1.807, 2.05) is 12.1 Å². The Hall–Kier alpha value is -1.30. The molecule has 2 fully saturated rings. The highest BCUT2D eigenvalue weighted by molar-refractivity contribution is 6.42. The minimum Gasteiger partial charge on any atom is -0.481 e. The van der Waals surface area contributed by atoms with Crippen LogP contribution in [0, 0.1) is 5.92 Å². The van der Waals surface area contributed by atoms with E-state index < -0.39 is 12.1 Å². The Bertz CT molecular complexity index is 637. The highest BCUT2D eigenvalue weighted by Crippen LogP contribution is 2.51. The minimum absolute atomic E-state index is 0.0460. The first-order chi connectivity index (χ1) is 11.0. The third-order valence-corrected chi connectivity index (χ3v) is 5.17. The van der Waals surface area contributed by atoms with Gasteiger partial charge in [-0.15, -0.1) is 0 Å². The molecule has 1 saturated carbocycles.